The summed E-state index contributed by atoms with van der Waals surface area (Å²) in [6, 6.07) is 53.3. The van der Waals surface area contributed by atoms with Gasteiger partial charge in [0.15, 0.2) is 18.9 Å². The molecule has 6 nitrogen and oxygen atoms in total. The molecule has 10 heteroatoms. The Kier molecular flexibility index (Phi) is 10.1. The Bertz CT molecular complexity index is 2220. The number of hydrogen-bond acceptors (Lipinski definition) is 10. The number of thiazole rings is 2. The quantitative estimate of drug-likeness (QED) is 0.121. The van der Waals surface area contributed by atoms with Gasteiger partial charge >= 0.3 is 0 Å². The van der Waals surface area contributed by atoms with Crippen LogP contribution in [-0.2, 0) is 9.59 Å². The summed E-state index contributed by atoms with van der Waals surface area (Å²) < 4.78 is 3.33. The van der Waals surface area contributed by atoms with Gasteiger partial charge in [0, 0.05) is 47.0 Å². The molecular formula is C42H30N4O2S4. The van der Waals surface area contributed by atoms with E-state index in [-0.39, 0.29) is 23.1 Å². The monoisotopic (exact) mass is 750 g/mol. The van der Waals surface area contributed by atoms with Gasteiger partial charge < -0.3 is 9.80 Å². The van der Waals surface area contributed by atoms with Crippen molar-refractivity contribution < 1.29 is 9.59 Å². The summed E-state index contributed by atoms with van der Waals surface area (Å²) in [5.74, 6) is 0. The van der Waals surface area contributed by atoms with Crippen LogP contribution in [0.1, 0.15) is 12.8 Å². The standard InChI is InChI=1S/C42H30N4O2S4/c47-39(51-41-43-35-23-21-33(27-37(35)49-41)45(29-13-5-1-6-14-29)30-15-7-2-8-16-30)25-26-40(48)52-42-44-36-24-22-34(28-38(36)50-42)46(31-17-9-3-10-18-31)32-19-11-4-12-20-32/h1-24,27-28H,25-26H2. The zero-order valence-electron chi connectivity index (χ0n) is 27.7. The van der Waals surface area contributed by atoms with E-state index in [0.717, 1.165) is 78.1 Å². The van der Waals surface area contributed by atoms with Gasteiger partial charge in [-0.05, 0) is 108 Å². The molecular weight excluding hydrogens is 721 g/mol. The molecule has 0 aliphatic heterocycles. The summed E-state index contributed by atoms with van der Waals surface area (Å²) in [5.41, 5.74) is 7.91. The first-order valence-corrected chi connectivity index (χ1v) is 19.9. The first-order chi connectivity index (χ1) is 25.6. The zero-order valence-corrected chi connectivity index (χ0v) is 30.9. The van der Waals surface area contributed by atoms with Crippen molar-refractivity contribution in [2.24, 2.45) is 0 Å². The Morgan fingerprint density at radius 1 is 0.442 bits per heavy atom. The van der Waals surface area contributed by atoms with Crippen molar-refractivity contribution in [2.45, 2.75) is 21.5 Å². The van der Waals surface area contributed by atoms with Crippen molar-refractivity contribution in [1.82, 2.24) is 9.97 Å². The lowest BCUT2D eigenvalue weighted by Crippen LogP contribution is -2.09. The maximum atomic E-state index is 13.0. The maximum Gasteiger partial charge on any atom is 0.196 e. The number of para-hydroxylation sites is 4. The van der Waals surface area contributed by atoms with Crippen LogP contribution >= 0.6 is 46.2 Å². The normalized spacial score (nSPS) is 11.2. The van der Waals surface area contributed by atoms with Crippen molar-refractivity contribution >= 4 is 111 Å². The molecule has 0 bridgehead atoms. The number of anilines is 6. The molecule has 0 aliphatic rings. The molecule has 0 N–H and O–H groups in total. The van der Waals surface area contributed by atoms with Crippen LogP contribution in [0, 0.1) is 0 Å². The Morgan fingerprint density at radius 2 is 0.769 bits per heavy atom. The molecule has 6 aromatic carbocycles. The van der Waals surface area contributed by atoms with Crippen LogP contribution in [0.25, 0.3) is 20.4 Å². The Hall–Kier alpha value is -5.26. The van der Waals surface area contributed by atoms with Gasteiger partial charge in [-0.2, -0.15) is 0 Å². The molecule has 0 radical (unpaired) electrons. The molecule has 8 aromatic rings. The molecule has 2 heterocycles. The highest BCUT2D eigenvalue weighted by molar-refractivity contribution is 8.15. The van der Waals surface area contributed by atoms with E-state index in [2.05, 4.69) is 82.6 Å². The second-order valence-corrected chi connectivity index (χ2v) is 16.4. The van der Waals surface area contributed by atoms with Gasteiger partial charge in [-0.25, -0.2) is 9.97 Å². The highest BCUT2D eigenvalue weighted by atomic mass is 32.2. The topological polar surface area (TPSA) is 66.4 Å². The van der Waals surface area contributed by atoms with Crippen LogP contribution in [0.15, 0.2) is 166 Å². The average Bonchev–Trinajstić information content (AvgIpc) is 3.78. The molecule has 0 spiro atoms. The van der Waals surface area contributed by atoms with Crippen LogP contribution in [0.3, 0.4) is 0 Å². The summed E-state index contributed by atoms with van der Waals surface area (Å²) in [6.07, 6.45) is 0.261. The minimum atomic E-state index is -0.0840. The van der Waals surface area contributed by atoms with Crippen LogP contribution < -0.4 is 9.80 Å². The lowest BCUT2D eigenvalue weighted by atomic mass is 10.2. The van der Waals surface area contributed by atoms with Gasteiger partial charge in [-0.1, -0.05) is 72.8 Å². The van der Waals surface area contributed by atoms with Crippen molar-refractivity contribution in [1.29, 1.82) is 0 Å². The number of fused-ring (bicyclic) bond motifs is 2. The van der Waals surface area contributed by atoms with E-state index in [1.165, 1.54) is 22.7 Å². The number of hydrogen-bond donors (Lipinski definition) is 0. The van der Waals surface area contributed by atoms with Gasteiger partial charge in [0.25, 0.3) is 0 Å². The van der Waals surface area contributed by atoms with E-state index in [0.29, 0.717) is 8.68 Å². The molecule has 0 atom stereocenters. The smallest absolute Gasteiger partial charge is 0.196 e. The first-order valence-electron chi connectivity index (χ1n) is 16.6. The fourth-order valence-electron chi connectivity index (χ4n) is 5.85. The number of aromatic nitrogens is 2. The molecule has 0 fully saturated rings. The molecule has 0 unspecified atom stereocenters. The van der Waals surface area contributed by atoms with Crippen LogP contribution in [0.4, 0.5) is 34.1 Å². The molecule has 52 heavy (non-hydrogen) atoms. The molecule has 2 aromatic heterocycles. The number of thioether (sulfide) groups is 2. The number of nitrogens with zero attached hydrogens (tertiary/aromatic N) is 4. The Balaban J connectivity index is 0.917. The third kappa shape index (κ3) is 7.66. The van der Waals surface area contributed by atoms with Gasteiger partial charge in [0.1, 0.15) is 0 Å². The third-order valence-corrected chi connectivity index (χ3v) is 12.2. The average molecular weight is 751 g/mol. The molecule has 8 rings (SSSR count). The largest absolute Gasteiger partial charge is 0.310 e. The summed E-state index contributed by atoms with van der Waals surface area (Å²) in [6.45, 7) is 0. The van der Waals surface area contributed by atoms with E-state index in [4.69, 9.17) is 9.97 Å². The van der Waals surface area contributed by atoms with Gasteiger partial charge in [0.05, 0.1) is 20.4 Å². The number of carbonyl (C=O) groups excluding carboxylic acids is 2. The fraction of sp³-hybridized carbons (Fsp3) is 0.0476. The summed E-state index contributed by atoms with van der Waals surface area (Å²) in [7, 11) is 0. The maximum absolute atomic E-state index is 13.0. The highest BCUT2D eigenvalue weighted by Crippen LogP contribution is 2.40. The van der Waals surface area contributed by atoms with Crippen molar-refractivity contribution in [3.8, 4) is 0 Å². The fourth-order valence-corrected chi connectivity index (χ4v) is 9.83. The van der Waals surface area contributed by atoms with Gasteiger partial charge in [0.2, 0.25) is 0 Å². The van der Waals surface area contributed by atoms with E-state index >= 15 is 0 Å². The zero-order chi connectivity index (χ0) is 35.3. The van der Waals surface area contributed by atoms with Crippen molar-refractivity contribution in [3.05, 3.63) is 158 Å². The molecule has 0 aliphatic carbocycles. The predicted molar refractivity (Wildman–Crippen MR) is 220 cm³/mol. The lowest BCUT2D eigenvalue weighted by molar-refractivity contribution is -0.115. The van der Waals surface area contributed by atoms with Gasteiger partial charge in [-0.3, -0.25) is 9.59 Å². The van der Waals surface area contributed by atoms with E-state index in [9.17, 15) is 9.59 Å². The number of benzene rings is 6. The van der Waals surface area contributed by atoms with E-state index in [1.807, 2.05) is 84.9 Å². The summed E-state index contributed by atoms with van der Waals surface area (Å²) >= 11 is 5.19. The molecule has 0 saturated carbocycles. The highest BCUT2D eigenvalue weighted by Gasteiger charge is 2.18. The first kappa shape index (κ1) is 33.9. The lowest BCUT2D eigenvalue weighted by Gasteiger charge is -2.25. The summed E-state index contributed by atoms with van der Waals surface area (Å²) in [4.78, 5) is 39.9. The van der Waals surface area contributed by atoms with Crippen LogP contribution in [-0.4, -0.2) is 20.2 Å². The van der Waals surface area contributed by atoms with Crippen molar-refractivity contribution in [3.63, 3.8) is 0 Å². The van der Waals surface area contributed by atoms with Crippen molar-refractivity contribution in [2.75, 3.05) is 9.80 Å². The van der Waals surface area contributed by atoms with Gasteiger partial charge in [-0.15, -0.1) is 22.7 Å². The van der Waals surface area contributed by atoms with Crippen LogP contribution in [0.2, 0.25) is 0 Å². The molecule has 254 valence electrons. The second-order valence-electron chi connectivity index (χ2n) is 11.7. The minimum Gasteiger partial charge on any atom is -0.310 e. The number of rotatable bonds is 11. The Morgan fingerprint density at radius 3 is 1.10 bits per heavy atom. The SMILES string of the molecule is O=C(CCC(=O)Sc1nc2ccc(N(c3ccccc3)c3ccccc3)cc2s1)Sc1nc2ccc(N(c3ccccc3)c3ccccc3)cc2s1. The van der Waals surface area contributed by atoms with E-state index < -0.39 is 0 Å². The van der Waals surface area contributed by atoms with E-state index in [1.54, 1.807) is 0 Å². The minimum absolute atomic E-state index is 0.0840. The number of carbonyl (C=O) groups is 2. The third-order valence-electron chi connectivity index (χ3n) is 8.21. The predicted octanol–water partition coefficient (Wildman–Crippen LogP) is 12.6. The summed E-state index contributed by atoms with van der Waals surface area (Å²) in [5, 5.41) is -0.168. The molecule has 0 saturated heterocycles. The van der Waals surface area contributed by atoms with Crippen LogP contribution in [0.5, 0.6) is 0 Å². The molecule has 0 amide bonds. The Labute approximate surface area is 317 Å². The second kappa shape index (κ2) is 15.5.